The van der Waals surface area contributed by atoms with Crippen LogP contribution in [0.25, 0.3) is 0 Å². The number of aliphatic hydroxyl groups is 6. The number of ether oxygens (including phenoxy) is 2. The second-order valence-electron chi connectivity index (χ2n) is 12.5. The van der Waals surface area contributed by atoms with Crippen LogP contribution >= 0.6 is 0 Å². The van der Waals surface area contributed by atoms with Crippen molar-refractivity contribution >= 4 is 11.9 Å². The lowest BCUT2D eigenvalue weighted by Crippen LogP contribution is -2.60. The average Bonchev–Trinajstić information content (AvgIpc) is 2.98. The van der Waals surface area contributed by atoms with E-state index < -0.39 is 61.6 Å². The third kappa shape index (κ3) is 17.4. The summed E-state index contributed by atoms with van der Waals surface area (Å²) >= 11 is 0. The molecule has 1 rings (SSSR count). The Morgan fingerprint density at radius 1 is 0.727 bits per heavy atom. The summed E-state index contributed by atoms with van der Waals surface area (Å²) in [6.45, 7) is 2.82. The fourth-order valence-corrected chi connectivity index (χ4v) is 5.49. The van der Waals surface area contributed by atoms with Crippen LogP contribution in [-0.2, 0) is 19.1 Å². The van der Waals surface area contributed by atoms with Crippen LogP contribution in [0.15, 0.2) is 0 Å². The van der Waals surface area contributed by atoms with Gasteiger partial charge in [0, 0.05) is 6.42 Å². The van der Waals surface area contributed by atoms with Gasteiger partial charge in [-0.3, -0.25) is 9.59 Å². The Morgan fingerprint density at radius 2 is 1.20 bits per heavy atom. The molecule has 0 aliphatic carbocycles. The SMILES string of the molecule is CC(O)C(CCCCCCCCCCCCCCCCC(O)C(C)NC(=O)CCC(=O)O)OC1OC(CO)C(O)C(O)C1O. The minimum atomic E-state index is -1.50. The number of carboxylic acid groups (broad SMARTS) is 1. The number of aliphatic carboxylic acids is 1. The van der Waals surface area contributed by atoms with Crippen molar-refractivity contribution < 1.29 is 54.8 Å². The van der Waals surface area contributed by atoms with Gasteiger partial charge in [-0.25, -0.2) is 0 Å². The Hall–Kier alpha value is -1.38. The fourth-order valence-electron chi connectivity index (χ4n) is 5.49. The molecule has 1 fully saturated rings. The van der Waals surface area contributed by atoms with E-state index in [2.05, 4.69) is 5.32 Å². The normalized spacial score (nSPS) is 24.9. The van der Waals surface area contributed by atoms with E-state index >= 15 is 0 Å². The summed E-state index contributed by atoms with van der Waals surface area (Å²) in [5.74, 6) is -1.35. The number of carboxylic acids is 1. The third-order valence-corrected chi connectivity index (χ3v) is 8.47. The van der Waals surface area contributed by atoms with Crippen LogP contribution < -0.4 is 5.32 Å². The van der Waals surface area contributed by atoms with E-state index in [1.807, 2.05) is 0 Å². The molecule has 44 heavy (non-hydrogen) atoms. The first-order valence-electron chi connectivity index (χ1n) is 16.8. The van der Waals surface area contributed by atoms with Gasteiger partial charge in [0.25, 0.3) is 0 Å². The van der Waals surface area contributed by atoms with Crippen LogP contribution in [0.3, 0.4) is 0 Å². The molecule has 8 N–H and O–H groups in total. The van der Waals surface area contributed by atoms with Crippen LogP contribution in [0.5, 0.6) is 0 Å². The average molecular weight is 636 g/mol. The van der Waals surface area contributed by atoms with Crippen LogP contribution in [0.2, 0.25) is 0 Å². The monoisotopic (exact) mass is 635 g/mol. The van der Waals surface area contributed by atoms with Crippen LogP contribution in [0.1, 0.15) is 129 Å². The second-order valence-corrected chi connectivity index (χ2v) is 12.5. The first-order valence-corrected chi connectivity index (χ1v) is 16.8. The molecule has 0 aromatic carbocycles. The highest BCUT2D eigenvalue weighted by atomic mass is 16.7. The molecule has 0 aromatic heterocycles. The molecular weight excluding hydrogens is 574 g/mol. The lowest BCUT2D eigenvalue weighted by Gasteiger charge is -2.41. The van der Waals surface area contributed by atoms with Gasteiger partial charge in [0.05, 0.1) is 37.4 Å². The number of rotatable bonds is 26. The highest BCUT2D eigenvalue weighted by molar-refractivity contribution is 5.80. The van der Waals surface area contributed by atoms with Gasteiger partial charge in [0.2, 0.25) is 5.91 Å². The number of carbonyl (C=O) groups excluding carboxylic acids is 1. The Kier molecular flexibility index (Phi) is 22.1. The van der Waals surface area contributed by atoms with Crippen molar-refractivity contribution in [1.29, 1.82) is 0 Å². The number of unbranched alkanes of at least 4 members (excludes halogenated alkanes) is 13. The molecule has 1 saturated heterocycles. The molecule has 12 heteroatoms. The van der Waals surface area contributed by atoms with Gasteiger partial charge >= 0.3 is 5.97 Å². The summed E-state index contributed by atoms with van der Waals surface area (Å²) in [6, 6.07) is -0.383. The summed E-state index contributed by atoms with van der Waals surface area (Å²) in [5.41, 5.74) is 0. The summed E-state index contributed by atoms with van der Waals surface area (Å²) in [4.78, 5) is 22.2. The molecule has 0 bridgehead atoms. The first-order chi connectivity index (χ1) is 21.0. The van der Waals surface area contributed by atoms with Gasteiger partial charge < -0.3 is 50.5 Å². The maximum Gasteiger partial charge on any atom is 0.303 e. The van der Waals surface area contributed by atoms with E-state index in [1.54, 1.807) is 13.8 Å². The van der Waals surface area contributed by atoms with Crippen molar-refractivity contribution in [2.45, 2.75) is 184 Å². The minimum absolute atomic E-state index is 0.0734. The zero-order valence-electron chi connectivity index (χ0n) is 26.9. The van der Waals surface area contributed by atoms with E-state index in [0.29, 0.717) is 12.8 Å². The van der Waals surface area contributed by atoms with Crippen LogP contribution in [0, 0.1) is 0 Å². The van der Waals surface area contributed by atoms with Crippen molar-refractivity contribution in [2.75, 3.05) is 6.61 Å². The van der Waals surface area contributed by atoms with Crippen molar-refractivity contribution in [2.24, 2.45) is 0 Å². The topological polar surface area (TPSA) is 206 Å². The quantitative estimate of drug-likeness (QED) is 0.0648. The van der Waals surface area contributed by atoms with Gasteiger partial charge in [-0.2, -0.15) is 0 Å². The molecule has 9 unspecified atom stereocenters. The largest absolute Gasteiger partial charge is 0.481 e. The van der Waals surface area contributed by atoms with Crippen LogP contribution in [-0.4, -0.2) is 109 Å². The first kappa shape index (κ1) is 40.6. The zero-order valence-corrected chi connectivity index (χ0v) is 26.9. The molecule has 260 valence electrons. The summed E-state index contributed by atoms with van der Waals surface area (Å²) in [7, 11) is 0. The smallest absolute Gasteiger partial charge is 0.303 e. The summed E-state index contributed by atoms with van der Waals surface area (Å²) in [6.07, 6.45) is 7.91. The Bertz CT molecular complexity index is 754. The number of nitrogens with one attached hydrogen (secondary N) is 1. The highest BCUT2D eigenvalue weighted by Gasteiger charge is 2.45. The fraction of sp³-hybridized carbons (Fsp3) is 0.938. The van der Waals surface area contributed by atoms with Gasteiger partial charge in [0.1, 0.15) is 24.4 Å². The second kappa shape index (κ2) is 23.9. The maximum absolute atomic E-state index is 11.7. The maximum atomic E-state index is 11.7. The van der Waals surface area contributed by atoms with Crippen molar-refractivity contribution in [3.63, 3.8) is 0 Å². The minimum Gasteiger partial charge on any atom is -0.481 e. The molecule has 9 atom stereocenters. The molecule has 12 nitrogen and oxygen atoms in total. The highest BCUT2D eigenvalue weighted by Crippen LogP contribution is 2.25. The van der Waals surface area contributed by atoms with Gasteiger partial charge in [0.15, 0.2) is 6.29 Å². The molecule has 0 spiro atoms. The lowest BCUT2D eigenvalue weighted by atomic mass is 9.99. The van der Waals surface area contributed by atoms with E-state index in [9.17, 15) is 40.2 Å². The van der Waals surface area contributed by atoms with Crippen molar-refractivity contribution in [1.82, 2.24) is 5.32 Å². The molecule has 0 radical (unpaired) electrons. The Balaban J connectivity index is 1.98. The Morgan fingerprint density at radius 3 is 1.66 bits per heavy atom. The standard InChI is InChI=1S/C32H61NO11/c1-22(33-27(37)19-20-28(38)39)24(36)17-15-13-11-9-7-5-3-4-6-8-10-12-14-16-18-25(23(2)35)43-32-31(42)30(41)29(40)26(21-34)44-32/h22-26,29-32,34-36,40-42H,3-21H2,1-2H3,(H,33,37)(H,38,39). The predicted molar refractivity (Wildman–Crippen MR) is 165 cm³/mol. The molecule has 1 aliphatic rings. The number of carbonyl (C=O) groups is 2. The molecular formula is C32H61NO11. The van der Waals surface area contributed by atoms with Gasteiger partial charge in [-0.05, 0) is 26.7 Å². The lowest BCUT2D eigenvalue weighted by molar-refractivity contribution is -0.317. The van der Waals surface area contributed by atoms with Gasteiger partial charge in [-0.15, -0.1) is 0 Å². The molecule has 1 amide bonds. The summed E-state index contributed by atoms with van der Waals surface area (Å²) < 4.78 is 11.1. The predicted octanol–water partition coefficient (Wildman–Crippen LogP) is 2.52. The molecule has 1 heterocycles. The van der Waals surface area contributed by atoms with Crippen molar-refractivity contribution in [3.8, 4) is 0 Å². The van der Waals surface area contributed by atoms with Crippen LogP contribution in [0.4, 0.5) is 0 Å². The number of aliphatic hydroxyl groups excluding tert-OH is 6. The summed E-state index contributed by atoms with van der Waals surface area (Å²) in [5, 5.41) is 71.0. The van der Waals surface area contributed by atoms with E-state index in [1.165, 1.54) is 44.9 Å². The number of hydrogen-bond acceptors (Lipinski definition) is 10. The van der Waals surface area contributed by atoms with E-state index in [-0.39, 0.29) is 24.8 Å². The molecule has 0 aromatic rings. The van der Waals surface area contributed by atoms with E-state index in [0.717, 1.165) is 44.9 Å². The molecule has 0 saturated carbocycles. The van der Waals surface area contributed by atoms with E-state index in [4.69, 9.17) is 14.6 Å². The molecule has 1 aliphatic heterocycles. The Labute approximate surface area is 263 Å². The number of hydrogen-bond donors (Lipinski definition) is 8. The zero-order chi connectivity index (χ0) is 32.9. The van der Waals surface area contributed by atoms with Crippen molar-refractivity contribution in [3.05, 3.63) is 0 Å². The van der Waals surface area contributed by atoms with Gasteiger partial charge in [-0.1, -0.05) is 89.9 Å². The number of amides is 1. The third-order valence-electron chi connectivity index (χ3n) is 8.47.